The lowest BCUT2D eigenvalue weighted by Gasteiger charge is -2.23. The molecule has 0 saturated carbocycles. The Kier molecular flexibility index (Phi) is 5.31. The molecule has 1 aliphatic heterocycles. The molecule has 0 N–H and O–H groups in total. The molecule has 0 aliphatic carbocycles. The smallest absolute Gasteiger partial charge is 0.337 e. The topological polar surface area (TPSA) is 64.4 Å². The van der Waals surface area contributed by atoms with Gasteiger partial charge >= 0.3 is 5.97 Å². The van der Waals surface area contributed by atoms with Crippen LogP contribution in [0.15, 0.2) is 42.6 Å². The first-order chi connectivity index (χ1) is 14.8. The number of nitrogens with zero attached hydrogens (tertiary/aromatic N) is 3. The van der Waals surface area contributed by atoms with Gasteiger partial charge in [-0.25, -0.2) is 13.6 Å². The molecular weight excluding hydrogens is 404 g/mol. The first kappa shape index (κ1) is 20.7. The Morgan fingerprint density at radius 2 is 1.97 bits per heavy atom. The zero-order valence-electron chi connectivity index (χ0n) is 17.4. The molecule has 2 heterocycles. The summed E-state index contributed by atoms with van der Waals surface area (Å²) < 4.78 is 33.4. The van der Waals surface area contributed by atoms with Gasteiger partial charge < -0.3 is 9.64 Å². The highest BCUT2D eigenvalue weighted by Gasteiger charge is 2.34. The fourth-order valence-electron chi connectivity index (χ4n) is 3.82. The largest absolute Gasteiger partial charge is 0.465 e. The highest BCUT2D eigenvalue weighted by molar-refractivity contribution is 5.99. The SMILES string of the molecule is COC(=O)c1ccc(C)c(C(=O)N2Cc3cn(Cc4ccc(F)cc4F)nc3C2C)c1. The number of hydrogen-bond donors (Lipinski definition) is 0. The van der Waals surface area contributed by atoms with Crippen LogP contribution in [0.5, 0.6) is 0 Å². The van der Waals surface area contributed by atoms with E-state index in [1.54, 1.807) is 34.0 Å². The van der Waals surface area contributed by atoms with Crippen LogP contribution >= 0.6 is 0 Å². The fourth-order valence-corrected chi connectivity index (χ4v) is 3.82. The van der Waals surface area contributed by atoms with Crippen molar-refractivity contribution in [2.75, 3.05) is 7.11 Å². The Labute approximate surface area is 178 Å². The standard InChI is InChI=1S/C23H21F2N3O3/c1-13-4-5-15(23(30)31-3)8-19(13)22(29)28-12-17-11-27(26-21(17)14(28)2)10-16-6-7-18(24)9-20(16)25/h4-9,11,14H,10,12H2,1-3H3. The number of carbonyl (C=O) groups is 2. The van der Waals surface area contributed by atoms with Gasteiger partial charge in [-0.05, 0) is 37.6 Å². The maximum absolute atomic E-state index is 14.0. The van der Waals surface area contributed by atoms with Gasteiger partial charge in [0.1, 0.15) is 11.6 Å². The maximum Gasteiger partial charge on any atom is 0.337 e. The van der Waals surface area contributed by atoms with Crippen molar-refractivity contribution in [2.24, 2.45) is 0 Å². The number of carbonyl (C=O) groups excluding carboxylic acids is 2. The highest BCUT2D eigenvalue weighted by atomic mass is 19.1. The van der Waals surface area contributed by atoms with Gasteiger partial charge in [-0.2, -0.15) is 5.10 Å². The molecule has 3 aromatic rings. The monoisotopic (exact) mass is 425 g/mol. The second-order valence-corrected chi connectivity index (χ2v) is 7.60. The van der Waals surface area contributed by atoms with Gasteiger partial charge in [0.05, 0.1) is 37.5 Å². The Bertz CT molecular complexity index is 1190. The zero-order chi connectivity index (χ0) is 22.3. The van der Waals surface area contributed by atoms with Crippen molar-refractivity contribution in [3.63, 3.8) is 0 Å². The number of amides is 1. The third-order valence-corrected chi connectivity index (χ3v) is 5.57. The summed E-state index contributed by atoms with van der Waals surface area (Å²) >= 11 is 0. The van der Waals surface area contributed by atoms with E-state index in [1.807, 2.05) is 13.8 Å². The normalized spacial score (nSPS) is 15.1. The summed E-state index contributed by atoms with van der Waals surface area (Å²) in [5.74, 6) is -1.96. The quantitative estimate of drug-likeness (QED) is 0.593. The molecule has 1 aliphatic rings. The lowest BCUT2D eigenvalue weighted by atomic mass is 10.0. The van der Waals surface area contributed by atoms with Crippen molar-refractivity contribution in [3.05, 3.63) is 87.7 Å². The first-order valence-corrected chi connectivity index (χ1v) is 9.78. The summed E-state index contributed by atoms with van der Waals surface area (Å²) in [6.45, 7) is 4.20. The molecule has 0 fully saturated rings. The number of aryl methyl sites for hydroxylation is 1. The first-order valence-electron chi connectivity index (χ1n) is 9.78. The Morgan fingerprint density at radius 1 is 1.19 bits per heavy atom. The Hall–Kier alpha value is -3.55. The molecular formula is C23H21F2N3O3. The molecule has 1 amide bonds. The molecule has 4 rings (SSSR count). The molecule has 31 heavy (non-hydrogen) atoms. The van der Waals surface area contributed by atoms with Crippen molar-refractivity contribution in [1.29, 1.82) is 0 Å². The van der Waals surface area contributed by atoms with Crippen LogP contribution in [0.1, 0.15) is 56.1 Å². The van der Waals surface area contributed by atoms with E-state index in [1.165, 1.54) is 19.2 Å². The van der Waals surface area contributed by atoms with E-state index >= 15 is 0 Å². The summed E-state index contributed by atoms with van der Waals surface area (Å²) in [7, 11) is 1.29. The van der Waals surface area contributed by atoms with Crippen LogP contribution in [0.4, 0.5) is 8.78 Å². The number of ether oxygens (including phenoxy) is 1. The van der Waals surface area contributed by atoms with Gasteiger partial charge in [-0.3, -0.25) is 9.48 Å². The zero-order valence-corrected chi connectivity index (χ0v) is 17.4. The lowest BCUT2D eigenvalue weighted by Crippen LogP contribution is -2.29. The van der Waals surface area contributed by atoms with E-state index in [0.29, 0.717) is 23.2 Å². The summed E-state index contributed by atoms with van der Waals surface area (Å²) in [6.07, 6.45) is 1.78. The summed E-state index contributed by atoms with van der Waals surface area (Å²) in [4.78, 5) is 26.7. The second-order valence-electron chi connectivity index (χ2n) is 7.60. The molecule has 0 radical (unpaired) electrons. The van der Waals surface area contributed by atoms with Crippen LogP contribution in [0.25, 0.3) is 0 Å². The predicted octanol–water partition coefficient (Wildman–Crippen LogP) is 4.02. The Balaban J connectivity index is 1.55. The predicted molar refractivity (Wildman–Crippen MR) is 108 cm³/mol. The second kappa shape index (κ2) is 7.94. The van der Waals surface area contributed by atoms with E-state index < -0.39 is 17.6 Å². The third kappa shape index (κ3) is 3.81. The molecule has 1 unspecified atom stereocenters. The van der Waals surface area contributed by atoms with Crippen molar-refractivity contribution in [2.45, 2.75) is 33.0 Å². The van der Waals surface area contributed by atoms with Crippen LogP contribution in [0.3, 0.4) is 0 Å². The summed E-state index contributed by atoms with van der Waals surface area (Å²) in [6, 6.07) is 8.06. The van der Waals surface area contributed by atoms with E-state index in [4.69, 9.17) is 4.74 Å². The molecule has 0 bridgehead atoms. The van der Waals surface area contributed by atoms with Crippen molar-refractivity contribution in [1.82, 2.24) is 14.7 Å². The van der Waals surface area contributed by atoms with Crippen LogP contribution < -0.4 is 0 Å². The number of aromatic nitrogens is 2. The van der Waals surface area contributed by atoms with Gasteiger partial charge in [0.25, 0.3) is 5.91 Å². The molecule has 0 saturated heterocycles. The van der Waals surface area contributed by atoms with Gasteiger partial charge in [-0.1, -0.05) is 12.1 Å². The van der Waals surface area contributed by atoms with Crippen molar-refractivity contribution in [3.8, 4) is 0 Å². The van der Waals surface area contributed by atoms with Crippen LogP contribution in [0.2, 0.25) is 0 Å². The lowest BCUT2D eigenvalue weighted by molar-refractivity contribution is 0.0600. The maximum atomic E-state index is 14.0. The molecule has 0 spiro atoms. The van der Waals surface area contributed by atoms with E-state index in [9.17, 15) is 18.4 Å². The minimum atomic E-state index is -0.626. The Morgan fingerprint density at radius 3 is 2.65 bits per heavy atom. The number of rotatable bonds is 4. The summed E-state index contributed by atoms with van der Waals surface area (Å²) in [5, 5.41) is 4.53. The molecule has 8 heteroatoms. The van der Waals surface area contributed by atoms with Crippen molar-refractivity contribution >= 4 is 11.9 Å². The van der Waals surface area contributed by atoms with Gasteiger partial charge in [0.2, 0.25) is 0 Å². The number of benzene rings is 2. The number of hydrogen-bond acceptors (Lipinski definition) is 4. The average Bonchev–Trinajstić information content (AvgIpc) is 3.28. The van der Waals surface area contributed by atoms with Crippen LogP contribution in [0, 0.1) is 18.6 Å². The molecule has 160 valence electrons. The number of methoxy groups -OCH3 is 1. The molecule has 1 aromatic heterocycles. The molecule has 2 aromatic carbocycles. The minimum Gasteiger partial charge on any atom is -0.465 e. The van der Waals surface area contributed by atoms with Crippen LogP contribution in [-0.2, 0) is 17.8 Å². The van der Waals surface area contributed by atoms with Crippen LogP contribution in [-0.4, -0.2) is 33.7 Å². The third-order valence-electron chi connectivity index (χ3n) is 5.57. The number of fused-ring (bicyclic) bond motifs is 1. The fraction of sp³-hybridized carbons (Fsp3) is 0.261. The van der Waals surface area contributed by atoms with Gasteiger partial charge in [-0.15, -0.1) is 0 Å². The van der Waals surface area contributed by atoms with Gasteiger partial charge in [0.15, 0.2) is 0 Å². The van der Waals surface area contributed by atoms with Gasteiger partial charge in [0, 0.05) is 29.0 Å². The minimum absolute atomic E-state index is 0.167. The number of halogens is 2. The average molecular weight is 425 g/mol. The number of esters is 1. The molecule has 6 nitrogen and oxygen atoms in total. The van der Waals surface area contributed by atoms with E-state index in [2.05, 4.69) is 5.10 Å². The van der Waals surface area contributed by atoms with E-state index in [-0.39, 0.29) is 18.5 Å². The highest BCUT2D eigenvalue weighted by Crippen LogP contribution is 2.34. The molecule has 1 atom stereocenters. The van der Waals surface area contributed by atoms with Crippen molar-refractivity contribution < 1.29 is 23.1 Å². The van der Waals surface area contributed by atoms with E-state index in [0.717, 1.165) is 22.9 Å². The summed E-state index contributed by atoms with van der Waals surface area (Å²) in [5.41, 5.74) is 3.43.